The number of fused-ring (bicyclic) bond motifs is 1. The molecule has 0 saturated heterocycles. The molecular weight excluding hydrogens is 272 g/mol. The van der Waals surface area contributed by atoms with Crippen LogP contribution >= 0.6 is 15.9 Å². The fourth-order valence-electron chi connectivity index (χ4n) is 2.00. The highest BCUT2D eigenvalue weighted by atomic mass is 79.9. The largest absolute Gasteiger partial charge is 0.454 e. The van der Waals surface area contributed by atoms with Crippen molar-refractivity contribution in [2.75, 3.05) is 6.79 Å². The monoisotopic (exact) mass is 284 g/mol. The molecule has 1 aromatic rings. The SMILES string of the molecule is Cc1c(CC2(O)CC2)cc2c(c1Br)OCO2. The van der Waals surface area contributed by atoms with E-state index in [1.165, 1.54) is 0 Å². The first-order chi connectivity index (χ1) is 7.59. The van der Waals surface area contributed by atoms with Gasteiger partial charge in [-0.1, -0.05) is 0 Å². The number of benzene rings is 1. The molecular formula is C12H13BrO3. The van der Waals surface area contributed by atoms with Crippen molar-refractivity contribution in [2.24, 2.45) is 0 Å². The smallest absolute Gasteiger partial charge is 0.231 e. The van der Waals surface area contributed by atoms with Gasteiger partial charge < -0.3 is 14.6 Å². The second-order valence-corrected chi connectivity index (χ2v) is 5.40. The van der Waals surface area contributed by atoms with E-state index in [9.17, 15) is 5.11 Å². The fourth-order valence-corrected chi connectivity index (χ4v) is 2.57. The molecule has 1 aliphatic heterocycles. The van der Waals surface area contributed by atoms with E-state index < -0.39 is 5.60 Å². The first-order valence-corrected chi connectivity index (χ1v) is 6.18. The van der Waals surface area contributed by atoms with E-state index in [-0.39, 0.29) is 6.79 Å². The van der Waals surface area contributed by atoms with Crippen LogP contribution in [0.2, 0.25) is 0 Å². The third kappa shape index (κ3) is 1.60. The second-order valence-electron chi connectivity index (χ2n) is 4.61. The zero-order chi connectivity index (χ0) is 11.3. The first-order valence-electron chi connectivity index (χ1n) is 5.39. The fraction of sp³-hybridized carbons (Fsp3) is 0.500. The summed E-state index contributed by atoms with van der Waals surface area (Å²) in [6, 6.07) is 1.98. The van der Waals surface area contributed by atoms with Gasteiger partial charge in [0.1, 0.15) is 0 Å². The lowest BCUT2D eigenvalue weighted by Gasteiger charge is -2.13. The van der Waals surface area contributed by atoms with Crippen LogP contribution < -0.4 is 9.47 Å². The summed E-state index contributed by atoms with van der Waals surface area (Å²) in [6.07, 6.45) is 2.51. The molecule has 86 valence electrons. The molecule has 1 aromatic carbocycles. The maximum absolute atomic E-state index is 9.96. The molecule has 0 spiro atoms. The highest BCUT2D eigenvalue weighted by Gasteiger charge is 2.41. The number of hydrogen-bond acceptors (Lipinski definition) is 3. The molecule has 2 aliphatic rings. The van der Waals surface area contributed by atoms with Crippen molar-refractivity contribution in [3.8, 4) is 11.5 Å². The molecule has 0 amide bonds. The first kappa shape index (κ1) is 10.4. The van der Waals surface area contributed by atoms with E-state index in [4.69, 9.17) is 9.47 Å². The Morgan fingerprint density at radius 1 is 1.44 bits per heavy atom. The summed E-state index contributed by atoms with van der Waals surface area (Å²) in [4.78, 5) is 0. The summed E-state index contributed by atoms with van der Waals surface area (Å²) < 4.78 is 11.7. The van der Waals surface area contributed by atoms with Gasteiger partial charge in [-0.2, -0.15) is 0 Å². The minimum absolute atomic E-state index is 0.279. The van der Waals surface area contributed by atoms with Crippen molar-refractivity contribution in [2.45, 2.75) is 31.8 Å². The van der Waals surface area contributed by atoms with Gasteiger partial charge in [-0.05, 0) is 52.9 Å². The van der Waals surface area contributed by atoms with Gasteiger partial charge in [-0.3, -0.25) is 0 Å². The minimum atomic E-state index is -0.474. The van der Waals surface area contributed by atoms with Crippen LogP contribution in [0.4, 0.5) is 0 Å². The van der Waals surface area contributed by atoms with Crippen molar-refractivity contribution in [3.63, 3.8) is 0 Å². The number of hydrogen-bond donors (Lipinski definition) is 1. The maximum atomic E-state index is 9.96. The van der Waals surface area contributed by atoms with E-state index in [1.807, 2.05) is 13.0 Å². The lowest BCUT2D eigenvalue weighted by atomic mass is 10.0. The van der Waals surface area contributed by atoms with Crippen LogP contribution in [-0.4, -0.2) is 17.5 Å². The van der Waals surface area contributed by atoms with E-state index in [1.54, 1.807) is 0 Å². The van der Waals surface area contributed by atoms with Gasteiger partial charge in [0.15, 0.2) is 11.5 Å². The van der Waals surface area contributed by atoms with Crippen LogP contribution in [0.3, 0.4) is 0 Å². The highest BCUT2D eigenvalue weighted by molar-refractivity contribution is 9.10. The van der Waals surface area contributed by atoms with Crippen LogP contribution in [0.1, 0.15) is 24.0 Å². The predicted octanol–water partition coefficient (Wildman–Crippen LogP) is 2.55. The van der Waals surface area contributed by atoms with Crippen LogP contribution in [0.15, 0.2) is 10.5 Å². The number of halogens is 1. The van der Waals surface area contributed by atoms with Crippen molar-refractivity contribution < 1.29 is 14.6 Å². The van der Waals surface area contributed by atoms with Crippen LogP contribution in [-0.2, 0) is 6.42 Å². The zero-order valence-corrected chi connectivity index (χ0v) is 10.6. The van der Waals surface area contributed by atoms with E-state index in [2.05, 4.69) is 15.9 Å². The molecule has 0 aromatic heterocycles. The highest BCUT2D eigenvalue weighted by Crippen LogP contribution is 2.45. The Labute approximate surface area is 102 Å². The molecule has 0 unspecified atom stereocenters. The van der Waals surface area contributed by atoms with Gasteiger partial charge in [-0.25, -0.2) is 0 Å². The van der Waals surface area contributed by atoms with Crippen molar-refractivity contribution in [1.29, 1.82) is 0 Å². The summed E-state index contributed by atoms with van der Waals surface area (Å²) in [5.74, 6) is 1.56. The third-order valence-electron chi connectivity index (χ3n) is 3.30. The summed E-state index contributed by atoms with van der Waals surface area (Å²) in [5.41, 5.74) is 1.79. The van der Waals surface area contributed by atoms with Crippen molar-refractivity contribution in [3.05, 3.63) is 21.7 Å². The molecule has 3 nitrogen and oxygen atoms in total. The lowest BCUT2D eigenvalue weighted by Crippen LogP contribution is -2.11. The summed E-state index contributed by atoms with van der Waals surface area (Å²) >= 11 is 3.52. The maximum Gasteiger partial charge on any atom is 0.231 e. The average Bonchev–Trinajstić information content (AvgIpc) is 2.79. The predicted molar refractivity (Wildman–Crippen MR) is 62.9 cm³/mol. The van der Waals surface area contributed by atoms with Gasteiger partial charge >= 0.3 is 0 Å². The molecule has 1 fully saturated rings. The van der Waals surface area contributed by atoms with Crippen LogP contribution in [0, 0.1) is 6.92 Å². The number of ether oxygens (including phenoxy) is 2. The van der Waals surface area contributed by atoms with Crippen LogP contribution in [0.5, 0.6) is 11.5 Å². The summed E-state index contributed by atoms with van der Waals surface area (Å²) in [7, 11) is 0. The molecule has 0 bridgehead atoms. The Kier molecular flexibility index (Phi) is 2.20. The lowest BCUT2D eigenvalue weighted by molar-refractivity contribution is 0.150. The third-order valence-corrected chi connectivity index (χ3v) is 4.26. The quantitative estimate of drug-likeness (QED) is 0.907. The van der Waals surface area contributed by atoms with Crippen molar-refractivity contribution in [1.82, 2.24) is 0 Å². The summed E-state index contributed by atoms with van der Waals surface area (Å²) in [6.45, 7) is 2.31. The molecule has 0 radical (unpaired) electrons. The average molecular weight is 285 g/mol. The molecule has 1 aliphatic carbocycles. The normalized spacial score (nSPS) is 19.9. The molecule has 1 saturated carbocycles. The zero-order valence-electron chi connectivity index (χ0n) is 9.05. The Hall–Kier alpha value is -0.740. The number of aliphatic hydroxyl groups is 1. The minimum Gasteiger partial charge on any atom is -0.454 e. The van der Waals surface area contributed by atoms with Gasteiger partial charge in [0, 0.05) is 6.42 Å². The molecule has 0 atom stereocenters. The standard InChI is InChI=1S/C12H13BrO3/c1-7-8(5-12(14)2-3-12)4-9-11(10(7)13)16-6-15-9/h4,14H,2-3,5-6H2,1H3. The van der Waals surface area contributed by atoms with Gasteiger partial charge in [0.05, 0.1) is 10.1 Å². The van der Waals surface area contributed by atoms with E-state index >= 15 is 0 Å². The molecule has 4 heteroatoms. The topological polar surface area (TPSA) is 38.7 Å². The Bertz CT molecular complexity index is 452. The van der Waals surface area contributed by atoms with E-state index in [0.717, 1.165) is 39.9 Å². The Balaban J connectivity index is 2.02. The molecule has 1 heterocycles. The van der Waals surface area contributed by atoms with Gasteiger partial charge in [0.2, 0.25) is 6.79 Å². The Morgan fingerprint density at radius 2 is 2.19 bits per heavy atom. The summed E-state index contributed by atoms with van der Waals surface area (Å²) in [5, 5.41) is 9.96. The van der Waals surface area contributed by atoms with Gasteiger partial charge in [0.25, 0.3) is 0 Å². The molecule has 1 N–H and O–H groups in total. The van der Waals surface area contributed by atoms with Gasteiger partial charge in [-0.15, -0.1) is 0 Å². The van der Waals surface area contributed by atoms with Crippen molar-refractivity contribution >= 4 is 15.9 Å². The molecule has 16 heavy (non-hydrogen) atoms. The number of rotatable bonds is 2. The molecule has 3 rings (SSSR count). The van der Waals surface area contributed by atoms with E-state index in [0.29, 0.717) is 6.42 Å². The van der Waals surface area contributed by atoms with Crippen LogP contribution in [0.25, 0.3) is 0 Å². The Morgan fingerprint density at radius 3 is 2.88 bits per heavy atom. The second kappa shape index (κ2) is 3.37.